The summed E-state index contributed by atoms with van der Waals surface area (Å²) in [6.07, 6.45) is 3.99. The summed E-state index contributed by atoms with van der Waals surface area (Å²) in [6.45, 7) is 6.79. The van der Waals surface area contributed by atoms with Crippen molar-refractivity contribution in [1.82, 2.24) is 20.5 Å². The Morgan fingerprint density at radius 3 is 2.74 bits per heavy atom. The number of hydrogen-bond donors (Lipinski definition) is 2. The number of piperidine rings is 3. The van der Waals surface area contributed by atoms with Crippen molar-refractivity contribution in [3.63, 3.8) is 0 Å². The van der Waals surface area contributed by atoms with Gasteiger partial charge in [-0.3, -0.25) is 9.69 Å². The summed E-state index contributed by atoms with van der Waals surface area (Å²) >= 11 is 0. The van der Waals surface area contributed by atoms with Gasteiger partial charge < -0.3 is 20.1 Å². The minimum absolute atomic E-state index is 0.0163. The molecule has 1 amide bonds. The highest BCUT2D eigenvalue weighted by Crippen LogP contribution is 2.33. The summed E-state index contributed by atoms with van der Waals surface area (Å²) in [5, 5.41) is 6.62. The van der Waals surface area contributed by atoms with Crippen LogP contribution in [0.25, 0.3) is 0 Å². The zero-order valence-corrected chi connectivity index (χ0v) is 17.9. The third-order valence-corrected chi connectivity index (χ3v) is 6.88. The topological polar surface area (TPSA) is 75.7 Å². The minimum atomic E-state index is -0.0777. The second kappa shape index (κ2) is 8.94. The van der Waals surface area contributed by atoms with Crippen LogP contribution in [0.1, 0.15) is 41.8 Å². The van der Waals surface area contributed by atoms with E-state index in [1.54, 1.807) is 6.20 Å². The number of benzene rings is 1. The zero-order valence-electron chi connectivity index (χ0n) is 17.9. The van der Waals surface area contributed by atoms with Crippen LogP contribution < -0.4 is 15.4 Å². The van der Waals surface area contributed by atoms with Gasteiger partial charge in [-0.15, -0.1) is 0 Å². The van der Waals surface area contributed by atoms with Gasteiger partial charge in [0, 0.05) is 42.5 Å². The number of fused-ring (bicyclic) bond motifs is 3. The molecular formula is C24H30N4O3. The van der Waals surface area contributed by atoms with Crippen molar-refractivity contribution in [3.8, 4) is 11.6 Å². The van der Waals surface area contributed by atoms with Crippen LogP contribution in [0.3, 0.4) is 0 Å². The normalized spacial score (nSPS) is 30.0. The number of hydrogen-bond acceptors (Lipinski definition) is 6. The first-order valence-corrected chi connectivity index (χ1v) is 11.3. The smallest absolute Gasteiger partial charge is 0.251 e. The van der Waals surface area contributed by atoms with E-state index in [4.69, 9.17) is 9.47 Å². The molecule has 4 aliphatic heterocycles. The second-order valence-corrected chi connectivity index (χ2v) is 8.70. The van der Waals surface area contributed by atoms with E-state index in [-0.39, 0.29) is 18.1 Å². The van der Waals surface area contributed by atoms with Crippen LogP contribution in [0.5, 0.6) is 11.6 Å². The molecule has 1 unspecified atom stereocenters. The van der Waals surface area contributed by atoms with E-state index in [9.17, 15) is 4.79 Å². The highest BCUT2D eigenvalue weighted by Gasteiger charge is 2.40. The number of carbonyl (C=O) groups excluding carboxylic acids is 1. The lowest BCUT2D eigenvalue weighted by Crippen LogP contribution is -2.62. The van der Waals surface area contributed by atoms with Crippen molar-refractivity contribution in [3.05, 3.63) is 53.7 Å². The molecule has 7 nitrogen and oxygen atoms in total. The predicted molar refractivity (Wildman–Crippen MR) is 117 cm³/mol. The van der Waals surface area contributed by atoms with Gasteiger partial charge in [-0.2, -0.15) is 0 Å². The SMILES string of the molecule is C[C@H]1[C@H](NC(=O)c2ccc(Oc3ncccc3C3CNCCO3)cc2)C2CCN1CC2. The molecule has 1 aromatic carbocycles. The molecule has 4 aliphatic rings. The maximum absolute atomic E-state index is 12.9. The van der Waals surface area contributed by atoms with Crippen LogP contribution >= 0.6 is 0 Å². The molecule has 3 atom stereocenters. The van der Waals surface area contributed by atoms with Crippen LogP contribution in [-0.4, -0.2) is 60.7 Å². The number of amides is 1. The van der Waals surface area contributed by atoms with Crippen LogP contribution in [0.15, 0.2) is 42.6 Å². The van der Waals surface area contributed by atoms with Crippen molar-refractivity contribution in [2.24, 2.45) is 5.92 Å². The molecule has 164 valence electrons. The molecule has 31 heavy (non-hydrogen) atoms. The quantitative estimate of drug-likeness (QED) is 0.772. The molecule has 6 rings (SSSR count). The highest BCUT2D eigenvalue weighted by atomic mass is 16.5. The van der Waals surface area contributed by atoms with Crippen LogP contribution in [0, 0.1) is 5.92 Å². The van der Waals surface area contributed by atoms with Gasteiger partial charge in [0.1, 0.15) is 11.9 Å². The van der Waals surface area contributed by atoms with Gasteiger partial charge in [0.15, 0.2) is 0 Å². The molecule has 2 aromatic rings. The summed E-state index contributed by atoms with van der Waals surface area (Å²) in [7, 11) is 0. The average molecular weight is 423 g/mol. The Balaban J connectivity index is 1.25. The first-order valence-electron chi connectivity index (χ1n) is 11.3. The van der Waals surface area contributed by atoms with Gasteiger partial charge in [-0.1, -0.05) is 0 Å². The van der Waals surface area contributed by atoms with Gasteiger partial charge in [0.2, 0.25) is 5.88 Å². The predicted octanol–water partition coefficient (Wildman–Crippen LogP) is 2.75. The molecule has 0 aliphatic carbocycles. The Kier molecular flexibility index (Phi) is 5.89. The Labute approximate surface area is 183 Å². The van der Waals surface area contributed by atoms with Gasteiger partial charge in [-0.25, -0.2) is 4.98 Å². The first kappa shape index (κ1) is 20.4. The van der Waals surface area contributed by atoms with Crippen LogP contribution in [0.4, 0.5) is 0 Å². The van der Waals surface area contributed by atoms with Gasteiger partial charge in [-0.05, 0) is 75.2 Å². The van der Waals surface area contributed by atoms with Crippen molar-refractivity contribution >= 4 is 5.91 Å². The maximum Gasteiger partial charge on any atom is 0.251 e. The summed E-state index contributed by atoms with van der Waals surface area (Å²) < 4.78 is 11.9. The van der Waals surface area contributed by atoms with E-state index in [0.717, 1.165) is 31.7 Å². The number of rotatable bonds is 5. The standard InChI is InChI=1S/C24H30N4O3/c1-16-22(17-8-12-28(16)13-9-17)27-23(29)18-4-6-19(7-5-18)31-24-20(3-2-10-26-24)21-15-25-11-14-30-21/h2-7,10,16-17,21-22,25H,8-9,11-15H2,1H3,(H,27,29)/t16-,21?,22-/m0/s1. The van der Waals surface area contributed by atoms with Crippen LogP contribution in [-0.2, 0) is 4.74 Å². The Morgan fingerprint density at radius 1 is 1.23 bits per heavy atom. The molecule has 2 bridgehead atoms. The molecule has 2 N–H and O–H groups in total. The molecule has 0 saturated carbocycles. The highest BCUT2D eigenvalue weighted by molar-refractivity contribution is 5.94. The fraction of sp³-hybridized carbons (Fsp3) is 0.500. The number of pyridine rings is 1. The molecule has 4 fully saturated rings. The zero-order chi connectivity index (χ0) is 21.2. The third kappa shape index (κ3) is 4.31. The lowest BCUT2D eigenvalue weighted by atomic mass is 9.79. The van der Waals surface area contributed by atoms with E-state index in [1.807, 2.05) is 36.4 Å². The maximum atomic E-state index is 12.9. The molecule has 7 heteroatoms. The van der Waals surface area contributed by atoms with E-state index >= 15 is 0 Å². The Morgan fingerprint density at radius 2 is 2.03 bits per heavy atom. The number of carbonyl (C=O) groups is 1. The molecule has 1 aromatic heterocycles. The first-order chi connectivity index (χ1) is 15.2. The van der Waals surface area contributed by atoms with E-state index in [0.29, 0.717) is 35.8 Å². The molecule has 4 saturated heterocycles. The van der Waals surface area contributed by atoms with Gasteiger partial charge >= 0.3 is 0 Å². The number of aromatic nitrogens is 1. The van der Waals surface area contributed by atoms with E-state index in [2.05, 4.69) is 27.4 Å². The monoisotopic (exact) mass is 422 g/mol. The third-order valence-electron chi connectivity index (χ3n) is 6.88. The van der Waals surface area contributed by atoms with Crippen molar-refractivity contribution in [1.29, 1.82) is 0 Å². The summed E-state index contributed by atoms with van der Waals surface area (Å²) in [6, 6.07) is 11.8. The number of ether oxygens (including phenoxy) is 2. The summed E-state index contributed by atoms with van der Waals surface area (Å²) in [5.74, 6) is 1.76. The largest absolute Gasteiger partial charge is 0.439 e. The fourth-order valence-electron chi connectivity index (χ4n) is 5.06. The van der Waals surface area contributed by atoms with Crippen molar-refractivity contribution in [2.75, 3.05) is 32.8 Å². The van der Waals surface area contributed by atoms with Gasteiger partial charge in [0.25, 0.3) is 5.91 Å². The number of nitrogens with one attached hydrogen (secondary N) is 2. The average Bonchev–Trinajstić information content (AvgIpc) is 2.83. The van der Waals surface area contributed by atoms with Crippen molar-refractivity contribution in [2.45, 2.75) is 38.0 Å². The lowest BCUT2D eigenvalue weighted by Gasteiger charge is -2.49. The van der Waals surface area contributed by atoms with Crippen LogP contribution in [0.2, 0.25) is 0 Å². The van der Waals surface area contributed by atoms with E-state index < -0.39 is 0 Å². The molecule has 0 spiro atoms. The molecule has 5 heterocycles. The summed E-state index contributed by atoms with van der Waals surface area (Å²) in [4.78, 5) is 19.7. The van der Waals surface area contributed by atoms with Crippen molar-refractivity contribution < 1.29 is 14.3 Å². The molecule has 0 radical (unpaired) electrons. The Hall–Kier alpha value is -2.48. The fourth-order valence-corrected chi connectivity index (χ4v) is 5.06. The minimum Gasteiger partial charge on any atom is -0.439 e. The van der Waals surface area contributed by atoms with E-state index in [1.165, 1.54) is 12.8 Å². The molecular weight excluding hydrogens is 392 g/mol. The number of nitrogens with zero attached hydrogens (tertiary/aromatic N) is 2. The van der Waals surface area contributed by atoms with Gasteiger partial charge in [0.05, 0.1) is 6.61 Å². The number of morpholine rings is 1. The Bertz CT molecular complexity index is 903. The summed E-state index contributed by atoms with van der Waals surface area (Å²) in [5.41, 5.74) is 1.57. The lowest BCUT2D eigenvalue weighted by molar-refractivity contribution is 0.0217. The second-order valence-electron chi connectivity index (χ2n) is 8.70.